The number of furan rings is 1. The van der Waals surface area contributed by atoms with Crippen LogP contribution in [0.25, 0.3) is 11.0 Å². The van der Waals surface area contributed by atoms with E-state index in [0.29, 0.717) is 27.0 Å². The lowest BCUT2D eigenvalue weighted by atomic mass is 10.1. The molecule has 0 spiro atoms. The van der Waals surface area contributed by atoms with Crippen molar-refractivity contribution < 1.29 is 14.0 Å². The highest BCUT2D eigenvalue weighted by atomic mass is 35.5. The Bertz CT molecular complexity index is 897. The second kappa shape index (κ2) is 5.55. The van der Waals surface area contributed by atoms with Crippen molar-refractivity contribution in [2.75, 3.05) is 5.32 Å². The van der Waals surface area contributed by atoms with Gasteiger partial charge < -0.3 is 4.42 Å². The number of hydrogen-bond acceptors (Lipinski definition) is 5. The van der Waals surface area contributed by atoms with E-state index < -0.39 is 5.91 Å². The SMILES string of the molecule is CC(=O)c1csc(NC(=O)c2oc3ccc(Cl)cc3c2C)n1. The molecule has 22 heavy (non-hydrogen) atoms. The fraction of sp³-hybridized carbons (Fsp3) is 0.133. The summed E-state index contributed by atoms with van der Waals surface area (Å²) in [6.45, 7) is 3.22. The van der Waals surface area contributed by atoms with Crippen molar-refractivity contribution in [2.24, 2.45) is 0 Å². The number of anilines is 1. The minimum Gasteiger partial charge on any atom is -0.451 e. The molecule has 1 amide bonds. The molecule has 0 aliphatic heterocycles. The van der Waals surface area contributed by atoms with Gasteiger partial charge >= 0.3 is 0 Å². The third-order valence-corrected chi connectivity index (χ3v) is 4.18. The number of fused-ring (bicyclic) bond motifs is 1. The Morgan fingerprint density at radius 2 is 2.14 bits per heavy atom. The number of carbonyl (C=O) groups is 2. The molecule has 3 rings (SSSR count). The maximum Gasteiger partial charge on any atom is 0.293 e. The normalized spacial score (nSPS) is 10.9. The quantitative estimate of drug-likeness (QED) is 0.724. The summed E-state index contributed by atoms with van der Waals surface area (Å²) in [5, 5.41) is 5.97. The standard InChI is InChI=1S/C15H11ClN2O3S/c1-7-10-5-9(16)3-4-12(10)21-13(7)14(20)18-15-17-11(6-22-15)8(2)19/h3-6H,1-2H3,(H,17,18,20). The molecule has 0 aliphatic rings. The maximum absolute atomic E-state index is 12.3. The lowest BCUT2D eigenvalue weighted by Crippen LogP contribution is -2.12. The zero-order valence-corrected chi connectivity index (χ0v) is 13.3. The van der Waals surface area contributed by atoms with E-state index in [1.165, 1.54) is 18.3 Å². The highest BCUT2D eigenvalue weighted by molar-refractivity contribution is 7.14. The first-order valence-electron chi connectivity index (χ1n) is 6.42. The number of halogens is 1. The van der Waals surface area contributed by atoms with Crippen molar-refractivity contribution in [3.8, 4) is 0 Å². The molecule has 7 heteroatoms. The molecule has 0 atom stereocenters. The topological polar surface area (TPSA) is 72.2 Å². The number of amides is 1. The number of benzene rings is 1. The van der Waals surface area contributed by atoms with Gasteiger partial charge in [0.15, 0.2) is 16.7 Å². The molecule has 0 fully saturated rings. The summed E-state index contributed by atoms with van der Waals surface area (Å²) in [6.07, 6.45) is 0. The van der Waals surface area contributed by atoms with E-state index in [1.807, 2.05) is 0 Å². The molecule has 3 aromatic rings. The summed E-state index contributed by atoms with van der Waals surface area (Å²) in [6, 6.07) is 5.18. The molecule has 5 nitrogen and oxygen atoms in total. The van der Waals surface area contributed by atoms with Crippen LogP contribution < -0.4 is 5.32 Å². The zero-order chi connectivity index (χ0) is 15.9. The Labute approximate surface area is 134 Å². The van der Waals surface area contributed by atoms with E-state index in [9.17, 15) is 9.59 Å². The maximum atomic E-state index is 12.3. The number of rotatable bonds is 3. The Morgan fingerprint density at radius 3 is 2.82 bits per heavy atom. The van der Waals surface area contributed by atoms with Crippen LogP contribution in [0.15, 0.2) is 28.0 Å². The van der Waals surface area contributed by atoms with Crippen LogP contribution in [0.3, 0.4) is 0 Å². The molecule has 1 N–H and O–H groups in total. The van der Waals surface area contributed by atoms with E-state index in [4.69, 9.17) is 16.0 Å². The molecule has 2 aromatic heterocycles. The van der Waals surface area contributed by atoms with Gasteiger partial charge in [-0.1, -0.05) is 11.6 Å². The smallest absolute Gasteiger partial charge is 0.293 e. The summed E-state index contributed by atoms with van der Waals surface area (Å²) in [5.74, 6) is -0.350. The summed E-state index contributed by atoms with van der Waals surface area (Å²) in [4.78, 5) is 27.6. The van der Waals surface area contributed by atoms with Gasteiger partial charge in [-0.25, -0.2) is 4.98 Å². The lowest BCUT2D eigenvalue weighted by Gasteiger charge is -1.99. The van der Waals surface area contributed by atoms with Crippen molar-refractivity contribution in [3.05, 3.63) is 45.6 Å². The number of hydrogen-bond donors (Lipinski definition) is 1. The van der Waals surface area contributed by atoms with Gasteiger partial charge in [-0.15, -0.1) is 11.3 Å². The molecule has 0 aliphatic carbocycles. The van der Waals surface area contributed by atoms with Gasteiger partial charge in [0.2, 0.25) is 0 Å². The Balaban J connectivity index is 1.91. The van der Waals surface area contributed by atoms with Gasteiger partial charge in [0.1, 0.15) is 11.3 Å². The number of ketones is 1. The van der Waals surface area contributed by atoms with E-state index in [2.05, 4.69) is 10.3 Å². The van der Waals surface area contributed by atoms with Crippen molar-refractivity contribution in [2.45, 2.75) is 13.8 Å². The minimum absolute atomic E-state index is 0.147. The second-order valence-corrected chi connectivity index (χ2v) is 6.04. The minimum atomic E-state index is -0.408. The van der Waals surface area contributed by atoms with Crippen LogP contribution in [-0.4, -0.2) is 16.7 Å². The summed E-state index contributed by atoms with van der Waals surface area (Å²) in [5.41, 5.74) is 1.63. The number of aromatic nitrogens is 1. The van der Waals surface area contributed by atoms with E-state index >= 15 is 0 Å². The van der Waals surface area contributed by atoms with Crippen LogP contribution in [0.4, 0.5) is 5.13 Å². The predicted octanol–water partition coefficient (Wildman–Crippen LogP) is 4.31. The number of aryl methyl sites for hydroxylation is 1. The van der Waals surface area contributed by atoms with Crippen LogP contribution in [0.2, 0.25) is 5.02 Å². The Kier molecular flexibility index (Phi) is 3.72. The number of thiazole rings is 1. The molecule has 0 saturated carbocycles. The monoisotopic (exact) mass is 334 g/mol. The van der Waals surface area contributed by atoms with E-state index in [0.717, 1.165) is 5.39 Å². The molecule has 0 radical (unpaired) electrons. The van der Waals surface area contributed by atoms with Gasteiger partial charge in [-0.2, -0.15) is 0 Å². The summed E-state index contributed by atoms with van der Waals surface area (Å²) >= 11 is 7.15. The first kappa shape index (κ1) is 14.7. The van der Waals surface area contributed by atoms with Crippen molar-refractivity contribution in [3.63, 3.8) is 0 Å². The Morgan fingerprint density at radius 1 is 1.36 bits per heavy atom. The first-order chi connectivity index (χ1) is 10.5. The van der Waals surface area contributed by atoms with Gasteiger partial charge in [0, 0.05) is 28.3 Å². The van der Waals surface area contributed by atoms with Crippen molar-refractivity contribution in [1.82, 2.24) is 4.98 Å². The van der Waals surface area contributed by atoms with Gasteiger partial charge in [0.25, 0.3) is 5.91 Å². The summed E-state index contributed by atoms with van der Waals surface area (Å²) < 4.78 is 5.58. The van der Waals surface area contributed by atoms with Gasteiger partial charge in [-0.3, -0.25) is 14.9 Å². The number of carbonyl (C=O) groups excluding carboxylic acids is 2. The molecule has 0 saturated heterocycles. The molecule has 2 heterocycles. The summed E-state index contributed by atoms with van der Waals surface area (Å²) in [7, 11) is 0. The second-order valence-electron chi connectivity index (χ2n) is 4.74. The van der Waals surface area contributed by atoms with Crippen LogP contribution in [0.1, 0.15) is 33.5 Å². The average molecular weight is 335 g/mol. The van der Waals surface area contributed by atoms with Crippen LogP contribution in [-0.2, 0) is 0 Å². The van der Waals surface area contributed by atoms with Crippen LogP contribution in [0.5, 0.6) is 0 Å². The van der Waals surface area contributed by atoms with Gasteiger partial charge in [-0.05, 0) is 25.1 Å². The number of nitrogens with one attached hydrogen (secondary N) is 1. The van der Waals surface area contributed by atoms with Crippen LogP contribution >= 0.6 is 22.9 Å². The predicted molar refractivity (Wildman–Crippen MR) is 86.0 cm³/mol. The van der Waals surface area contributed by atoms with Gasteiger partial charge in [0.05, 0.1) is 0 Å². The highest BCUT2D eigenvalue weighted by Crippen LogP contribution is 2.28. The lowest BCUT2D eigenvalue weighted by molar-refractivity contribution is 0.0991. The zero-order valence-electron chi connectivity index (χ0n) is 11.8. The third-order valence-electron chi connectivity index (χ3n) is 3.19. The third kappa shape index (κ3) is 2.63. The molecular formula is C15H11ClN2O3S. The molecule has 0 bridgehead atoms. The molecule has 0 unspecified atom stereocenters. The van der Waals surface area contributed by atoms with Crippen LogP contribution in [0, 0.1) is 6.92 Å². The fourth-order valence-corrected chi connectivity index (χ4v) is 2.97. The molecular weight excluding hydrogens is 324 g/mol. The molecule has 112 valence electrons. The average Bonchev–Trinajstić information content (AvgIpc) is 3.05. The fourth-order valence-electron chi connectivity index (χ4n) is 2.06. The highest BCUT2D eigenvalue weighted by Gasteiger charge is 2.19. The molecule has 1 aromatic carbocycles. The largest absolute Gasteiger partial charge is 0.451 e. The Hall–Kier alpha value is -2.18. The number of Topliss-reactive ketones (excluding diaryl/α,β-unsaturated/α-hetero) is 1. The van der Waals surface area contributed by atoms with Crippen molar-refractivity contribution >= 4 is 50.7 Å². The van der Waals surface area contributed by atoms with E-state index in [1.54, 1.807) is 30.5 Å². The van der Waals surface area contributed by atoms with Crippen molar-refractivity contribution in [1.29, 1.82) is 0 Å². The first-order valence-corrected chi connectivity index (χ1v) is 7.68. The van der Waals surface area contributed by atoms with E-state index in [-0.39, 0.29) is 11.5 Å². The number of nitrogens with zero attached hydrogens (tertiary/aromatic N) is 1.